The van der Waals surface area contributed by atoms with Gasteiger partial charge >= 0.3 is 5.97 Å². The standard InChI is InChI=1S/C20H21NO4/c1-3-25-19(23)20(21-18(22)14-8-5-4-6-9-14)13-17(20)15-10-7-11-16(12-15)24-2/h4-12,17H,3,13H2,1-2H3,(H,21,22). The lowest BCUT2D eigenvalue weighted by atomic mass is 10.0. The predicted octanol–water partition coefficient (Wildman–Crippen LogP) is 2.91. The summed E-state index contributed by atoms with van der Waals surface area (Å²) >= 11 is 0. The molecule has 25 heavy (non-hydrogen) atoms. The summed E-state index contributed by atoms with van der Waals surface area (Å²) in [7, 11) is 1.60. The lowest BCUT2D eigenvalue weighted by Crippen LogP contribution is -2.45. The molecule has 1 N–H and O–H groups in total. The molecule has 1 aliphatic carbocycles. The van der Waals surface area contributed by atoms with Crippen molar-refractivity contribution in [3.05, 3.63) is 65.7 Å². The SMILES string of the molecule is CCOC(=O)C1(NC(=O)c2ccccc2)CC1c1cccc(OC)c1. The summed E-state index contributed by atoms with van der Waals surface area (Å²) in [4.78, 5) is 25.1. The Balaban J connectivity index is 1.86. The van der Waals surface area contributed by atoms with Gasteiger partial charge in [0.2, 0.25) is 0 Å². The number of esters is 1. The van der Waals surface area contributed by atoms with Crippen LogP contribution < -0.4 is 10.1 Å². The van der Waals surface area contributed by atoms with Gasteiger partial charge < -0.3 is 14.8 Å². The smallest absolute Gasteiger partial charge is 0.332 e. The van der Waals surface area contributed by atoms with Crippen LogP contribution in [-0.2, 0) is 9.53 Å². The number of hydrogen-bond donors (Lipinski definition) is 1. The summed E-state index contributed by atoms with van der Waals surface area (Å²) in [5.74, 6) is -0.0861. The van der Waals surface area contributed by atoms with E-state index in [-0.39, 0.29) is 18.4 Å². The number of rotatable bonds is 6. The van der Waals surface area contributed by atoms with E-state index in [9.17, 15) is 9.59 Å². The van der Waals surface area contributed by atoms with Gasteiger partial charge in [0.15, 0.2) is 0 Å². The van der Waals surface area contributed by atoms with E-state index in [1.165, 1.54) is 0 Å². The Morgan fingerprint density at radius 1 is 1.16 bits per heavy atom. The van der Waals surface area contributed by atoms with Gasteiger partial charge in [-0.15, -0.1) is 0 Å². The van der Waals surface area contributed by atoms with Crippen LogP contribution in [0.25, 0.3) is 0 Å². The molecule has 0 saturated heterocycles. The third-order valence-corrected chi connectivity index (χ3v) is 4.47. The van der Waals surface area contributed by atoms with E-state index in [0.717, 1.165) is 11.3 Å². The number of carbonyl (C=O) groups is 2. The molecule has 2 aromatic rings. The van der Waals surface area contributed by atoms with Gasteiger partial charge in [-0.05, 0) is 43.2 Å². The first-order valence-electron chi connectivity index (χ1n) is 8.29. The van der Waals surface area contributed by atoms with Gasteiger partial charge in [0, 0.05) is 11.5 Å². The molecule has 5 nitrogen and oxygen atoms in total. The van der Waals surface area contributed by atoms with Gasteiger partial charge in [0.05, 0.1) is 13.7 Å². The number of methoxy groups -OCH3 is 1. The lowest BCUT2D eigenvalue weighted by Gasteiger charge is -2.18. The van der Waals surface area contributed by atoms with Gasteiger partial charge in [-0.3, -0.25) is 4.79 Å². The second kappa shape index (κ2) is 6.97. The predicted molar refractivity (Wildman–Crippen MR) is 93.6 cm³/mol. The Hall–Kier alpha value is -2.82. The first-order valence-corrected chi connectivity index (χ1v) is 8.29. The van der Waals surface area contributed by atoms with E-state index in [1.807, 2.05) is 30.3 Å². The number of nitrogens with one attached hydrogen (secondary N) is 1. The van der Waals surface area contributed by atoms with Crippen molar-refractivity contribution in [2.75, 3.05) is 13.7 Å². The summed E-state index contributed by atoms with van der Waals surface area (Å²) in [5.41, 5.74) is 0.443. The molecule has 5 heteroatoms. The van der Waals surface area contributed by atoms with Crippen molar-refractivity contribution in [3.63, 3.8) is 0 Å². The van der Waals surface area contributed by atoms with Crippen molar-refractivity contribution in [2.24, 2.45) is 0 Å². The molecule has 0 heterocycles. The van der Waals surface area contributed by atoms with Crippen LogP contribution in [-0.4, -0.2) is 31.1 Å². The maximum atomic E-state index is 12.6. The van der Waals surface area contributed by atoms with Crippen molar-refractivity contribution in [1.29, 1.82) is 0 Å². The molecular weight excluding hydrogens is 318 g/mol. The Bertz CT molecular complexity index is 774. The first-order chi connectivity index (χ1) is 12.1. The third kappa shape index (κ3) is 3.36. The average molecular weight is 339 g/mol. The summed E-state index contributed by atoms with van der Waals surface area (Å²) in [5, 5.41) is 2.90. The van der Waals surface area contributed by atoms with Gasteiger partial charge in [0.1, 0.15) is 11.3 Å². The molecule has 2 atom stereocenters. The van der Waals surface area contributed by atoms with E-state index < -0.39 is 11.5 Å². The molecule has 2 aromatic carbocycles. The third-order valence-electron chi connectivity index (χ3n) is 4.47. The van der Waals surface area contributed by atoms with E-state index in [1.54, 1.807) is 38.3 Å². The number of amides is 1. The molecule has 0 spiro atoms. The number of ether oxygens (including phenoxy) is 2. The zero-order chi connectivity index (χ0) is 17.9. The van der Waals surface area contributed by atoms with Gasteiger partial charge in [-0.25, -0.2) is 4.79 Å². The maximum absolute atomic E-state index is 12.6. The number of carbonyl (C=O) groups excluding carboxylic acids is 2. The minimum Gasteiger partial charge on any atom is -0.497 e. The molecule has 1 saturated carbocycles. The van der Waals surface area contributed by atoms with E-state index >= 15 is 0 Å². The van der Waals surface area contributed by atoms with Crippen molar-refractivity contribution in [2.45, 2.75) is 24.8 Å². The number of benzene rings is 2. The molecular formula is C20H21NO4. The van der Waals surface area contributed by atoms with E-state index in [0.29, 0.717) is 12.0 Å². The Kier molecular flexibility index (Phi) is 4.74. The molecule has 2 unspecified atom stereocenters. The van der Waals surface area contributed by atoms with Crippen molar-refractivity contribution < 1.29 is 19.1 Å². The first kappa shape index (κ1) is 17.0. The normalized spacial score (nSPS) is 21.3. The molecule has 0 radical (unpaired) electrons. The van der Waals surface area contributed by atoms with E-state index in [4.69, 9.17) is 9.47 Å². The largest absolute Gasteiger partial charge is 0.497 e. The van der Waals surface area contributed by atoms with Crippen LogP contribution >= 0.6 is 0 Å². The van der Waals surface area contributed by atoms with Crippen LogP contribution in [0.5, 0.6) is 5.75 Å². The highest BCUT2D eigenvalue weighted by molar-refractivity contribution is 6.00. The van der Waals surface area contributed by atoms with Crippen LogP contribution in [0.3, 0.4) is 0 Å². The summed E-state index contributed by atoms with van der Waals surface area (Å²) in [6, 6.07) is 16.4. The van der Waals surface area contributed by atoms with Crippen molar-refractivity contribution in [3.8, 4) is 5.75 Å². The highest BCUT2D eigenvalue weighted by Crippen LogP contribution is 2.52. The van der Waals surface area contributed by atoms with Crippen LogP contribution in [0.4, 0.5) is 0 Å². The minimum absolute atomic E-state index is 0.130. The zero-order valence-corrected chi connectivity index (χ0v) is 14.3. The van der Waals surface area contributed by atoms with Crippen LogP contribution in [0.15, 0.2) is 54.6 Å². The summed E-state index contributed by atoms with van der Waals surface area (Å²) in [6.07, 6.45) is 0.511. The van der Waals surface area contributed by atoms with Crippen LogP contribution in [0, 0.1) is 0 Å². The summed E-state index contributed by atoms with van der Waals surface area (Å²) < 4.78 is 10.5. The second-order valence-electron chi connectivity index (χ2n) is 6.05. The maximum Gasteiger partial charge on any atom is 0.332 e. The monoisotopic (exact) mass is 339 g/mol. The number of hydrogen-bond acceptors (Lipinski definition) is 4. The lowest BCUT2D eigenvalue weighted by molar-refractivity contribution is -0.146. The molecule has 0 aromatic heterocycles. The molecule has 3 rings (SSSR count). The molecule has 130 valence electrons. The minimum atomic E-state index is -1.02. The fraction of sp³-hybridized carbons (Fsp3) is 0.300. The van der Waals surface area contributed by atoms with Crippen molar-refractivity contribution >= 4 is 11.9 Å². The van der Waals surface area contributed by atoms with Gasteiger partial charge in [0.25, 0.3) is 5.91 Å². The quantitative estimate of drug-likeness (QED) is 0.822. The molecule has 1 amide bonds. The molecule has 1 aliphatic rings. The Morgan fingerprint density at radius 3 is 2.60 bits per heavy atom. The second-order valence-corrected chi connectivity index (χ2v) is 6.05. The molecule has 1 fully saturated rings. The van der Waals surface area contributed by atoms with E-state index in [2.05, 4.69) is 5.32 Å². The van der Waals surface area contributed by atoms with Crippen molar-refractivity contribution in [1.82, 2.24) is 5.32 Å². The Morgan fingerprint density at radius 2 is 1.92 bits per heavy atom. The van der Waals surface area contributed by atoms with Crippen LogP contribution in [0.2, 0.25) is 0 Å². The Labute approximate surface area is 147 Å². The van der Waals surface area contributed by atoms with Gasteiger partial charge in [-0.2, -0.15) is 0 Å². The topological polar surface area (TPSA) is 64.6 Å². The fourth-order valence-electron chi connectivity index (χ4n) is 3.06. The van der Waals surface area contributed by atoms with Crippen LogP contribution in [0.1, 0.15) is 35.2 Å². The molecule has 0 aliphatic heterocycles. The van der Waals surface area contributed by atoms with Gasteiger partial charge in [-0.1, -0.05) is 30.3 Å². The highest BCUT2D eigenvalue weighted by Gasteiger charge is 2.63. The average Bonchev–Trinajstić information content (AvgIpc) is 3.38. The summed E-state index contributed by atoms with van der Waals surface area (Å²) in [6.45, 7) is 2.03. The highest BCUT2D eigenvalue weighted by atomic mass is 16.5. The zero-order valence-electron chi connectivity index (χ0n) is 14.3. The fourth-order valence-corrected chi connectivity index (χ4v) is 3.06. The molecule has 0 bridgehead atoms.